The van der Waals surface area contributed by atoms with Gasteiger partial charge in [-0.25, -0.2) is 9.59 Å². The standard InChI is InChI=1S/C29H33N5O4.C18H27N3O2/c1-29(2,3)38-28(37)33-18-16-32(17-19-33)24-8-4-6-21-22(24)9-10-25(21)34-15-5-7-23(27(34)36)26(35)31-20-11-13-30-14-12-20;1-18(2,3)23-17(22)21-11-9-20(10-12-21)16-6-4-5-13-14(16)7-8-15(13)19/h4-8,11-15,25H,9-10,16-19H2,1-3H3,(H,30,31,35);4-6,15H,7-12,19H2,1-3H3. The maximum Gasteiger partial charge on any atom is 0.410 e. The number of piperazine rings is 2. The van der Waals surface area contributed by atoms with Gasteiger partial charge >= 0.3 is 12.2 Å². The number of nitrogens with one attached hydrogen (secondary N) is 1. The average molecular weight is 833 g/mol. The number of benzene rings is 2. The van der Waals surface area contributed by atoms with Crippen molar-refractivity contribution in [2.75, 3.05) is 67.5 Å². The minimum atomic E-state index is -0.515. The van der Waals surface area contributed by atoms with E-state index >= 15 is 0 Å². The summed E-state index contributed by atoms with van der Waals surface area (Å²) in [5.74, 6) is -0.439. The first-order valence-corrected chi connectivity index (χ1v) is 21.4. The third-order valence-corrected chi connectivity index (χ3v) is 11.5. The Bertz CT molecular complexity index is 2270. The minimum absolute atomic E-state index is 0.104. The molecule has 324 valence electrons. The zero-order valence-corrected chi connectivity index (χ0v) is 36.4. The second-order valence-corrected chi connectivity index (χ2v) is 18.1. The molecule has 14 nitrogen and oxygen atoms in total. The van der Waals surface area contributed by atoms with Crippen molar-refractivity contribution in [1.82, 2.24) is 19.4 Å². The summed E-state index contributed by atoms with van der Waals surface area (Å²) in [5.41, 5.74) is 13.0. The second-order valence-electron chi connectivity index (χ2n) is 18.1. The van der Waals surface area contributed by atoms with Gasteiger partial charge in [0, 0.05) is 94.1 Å². The van der Waals surface area contributed by atoms with Crippen LogP contribution in [0.15, 0.2) is 84.0 Å². The number of rotatable bonds is 5. The number of aromatic nitrogens is 2. The fraction of sp³-hybridized carbons (Fsp3) is 0.468. The Hall–Kier alpha value is -5.89. The van der Waals surface area contributed by atoms with Crippen LogP contribution in [0, 0.1) is 0 Å². The lowest BCUT2D eigenvalue weighted by Crippen LogP contribution is -2.50. The summed E-state index contributed by atoms with van der Waals surface area (Å²) in [5, 5.41) is 2.78. The van der Waals surface area contributed by atoms with Gasteiger partial charge in [0.15, 0.2) is 0 Å². The Balaban J connectivity index is 0.000000208. The monoisotopic (exact) mass is 832 g/mol. The minimum Gasteiger partial charge on any atom is -0.444 e. The molecule has 2 aromatic carbocycles. The van der Waals surface area contributed by atoms with Gasteiger partial charge in [-0.05, 0) is 126 Å². The molecule has 0 radical (unpaired) electrons. The van der Waals surface area contributed by atoms with Gasteiger partial charge < -0.3 is 44.7 Å². The van der Waals surface area contributed by atoms with Crippen molar-refractivity contribution in [2.45, 2.75) is 90.5 Å². The second kappa shape index (κ2) is 18.0. The van der Waals surface area contributed by atoms with Crippen molar-refractivity contribution in [2.24, 2.45) is 5.73 Å². The first-order chi connectivity index (χ1) is 29.1. The summed E-state index contributed by atoms with van der Waals surface area (Å²) in [6, 6.07) is 19.3. The van der Waals surface area contributed by atoms with E-state index in [1.54, 1.807) is 57.2 Å². The molecule has 0 spiro atoms. The third-order valence-electron chi connectivity index (χ3n) is 11.5. The number of hydrogen-bond acceptors (Lipinski definition) is 10. The number of ether oxygens (including phenoxy) is 2. The van der Waals surface area contributed by atoms with Crippen LogP contribution in [0.25, 0.3) is 0 Å². The summed E-state index contributed by atoms with van der Waals surface area (Å²) in [6.07, 6.45) is 8.15. The largest absolute Gasteiger partial charge is 0.444 e. The highest BCUT2D eigenvalue weighted by atomic mass is 16.6. The summed E-state index contributed by atoms with van der Waals surface area (Å²) in [4.78, 5) is 63.1. The normalized spacial score (nSPS) is 18.7. The van der Waals surface area contributed by atoms with Gasteiger partial charge in [0.05, 0.1) is 6.04 Å². The number of carbonyl (C=O) groups excluding carboxylic acids is 3. The van der Waals surface area contributed by atoms with Crippen molar-refractivity contribution < 1.29 is 23.9 Å². The average Bonchev–Trinajstić information content (AvgIpc) is 3.84. The van der Waals surface area contributed by atoms with Crippen LogP contribution in [0.5, 0.6) is 0 Å². The molecule has 2 fully saturated rings. The van der Waals surface area contributed by atoms with Crippen LogP contribution in [-0.4, -0.2) is 101 Å². The van der Waals surface area contributed by atoms with Crippen LogP contribution in [0.4, 0.5) is 26.7 Å². The molecule has 3 N–H and O–H groups in total. The summed E-state index contributed by atoms with van der Waals surface area (Å²) in [7, 11) is 0. The smallest absolute Gasteiger partial charge is 0.410 e. The van der Waals surface area contributed by atoms with E-state index < -0.39 is 17.1 Å². The number of carbonyl (C=O) groups is 3. The van der Waals surface area contributed by atoms with E-state index in [9.17, 15) is 19.2 Å². The van der Waals surface area contributed by atoms with E-state index in [1.807, 2.05) is 47.6 Å². The molecule has 0 saturated carbocycles. The van der Waals surface area contributed by atoms with E-state index in [0.717, 1.165) is 50.0 Å². The first-order valence-electron chi connectivity index (χ1n) is 21.4. The Kier molecular flexibility index (Phi) is 12.7. The Morgan fingerprint density at radius 2 is 1.18 bits per heavy atom. The van der Waals surface area contributed by atoms with Gasteiger partial charge in [0.2, 0.25) is 0 Å². The van der Waals surface area contributed by atoms with Crippen molar-refractivity contribution in [3.63, 3.8) is 0 Å². The molecule has 2 aromatic heterocycles. The lowest BCUT2D eigenvalue weighted by molar-refractivity contribution is 0.0230. The summed E-state index contributed by atoms with van der Waals surface area (Å²) >= 11 is 0. The van der Waals surface area contributed by atoms with E-state index in [-0.39, 0.29) is 35.4 Å². The van der Waals surface area contributed by atoms with Crippen LogP contribution >= 0.6 is 0 Å². The molecule has 2 saturated heterocycles. The Labute approximate surface area is 358 Å². The number of amides is 3. The number of fused-ring (bicyclic) bond motifs is 2. The number of pyridine rings is 2. The molecule has 2 unspecified atom stereocenters. The van der Waals surface area contributed by atoms with Gasteiger partial charge in [-0.2, -0.15) is 0 Å². The number of anilines is 3. The van der Waals surface area contributed by atoms with Gasteiger partial charge in [0.1, 0.15) is 16.8 Å². The topological polar surface area (TPSA) is 156 Å². The lowest BCUT2D eigenvalue weighted by atomic mass is 10.0. The highest BCUT2D eigenvalue weighted by molar-refractivity contribution is 6.03. The predicted molar refractivity (Wildman–Crippen MR) is 238 cm³/mol. The molecule has 0 bridgehead atoms. The van der Waals surface area contributed by atoms with Crippen molar-refractivity contribution in [1.29, 1.82) is 0 Å². The molecule has 2 aliphatic carbocycles. The molecular formula is C47H60N8O6. The molecule has 2 atom stereocenters. The van der Waals surface area contributed by atoms with Crippen LogP contribution < -0.4 is 26.4 Å². The van der Waals surface area contributed by atoms with Crippen LogP contribution in [0.1, 0.15) is 99.1 Å². The van der Waals surface area contributed by atoms with E-state index in [4.69, 9.17) is 15.2 Å². The highest BCUT2D eigenvalue weighted by Crippen LogP contribution is 2.40. The fourth-order valence-electron chi connectivity index (χ4n) is 8.64. The van der Waals surface area contributed by atoms with Crippen molar-refractivity contribution in [3.05, 3.63) is 117 Å². The highest BCUT2D eigenvalue weighted by Gasteiger charge is 2.32. The molecule has 2 aliphatic heterocycles. The first kappa shape index (κ1) is 43.2. The van der Waals surface area contributed by atoms with Gasteiger partial charge in [0.25, 0.3) is 11.5 Å². The maximum absolute atomic E-state index is 13.4. The quantitative estimate of drug-likeness (QED) is 0.220. The summed E-state index contributed by atoms with van der Waals surface area (Å²) in [6.45, 7) is 17.0. The van der Waals surface area contributed by atoms with E-state index in [0.29, 0.717) is 45.0 Å². The summed E-state index contributed by atoms with van der Waals surface area (Å²) < 4.78 is 12.7. The van der Waals surface area contributed by atoms with Crippen LogP contribution in [0.3, 0.4) is 0 Å². The van der Waals surface area contributed by atoms with E-state index in [1.165, 1.54) is 22.4 Å². The predicted octanol–water partition coefficient (Wildman–Crippen LogP) is 6.78. The number of nitrogens with zero attached hydrogens (tertiary/aromatic N) is 6. The lowest BCUT2D eigenvalue weighted by Gasteiger charge is -2.37. The molecule has 8 rings (SSSR count). The van der Waals surface area contributed by atoms with Crippen molar-refractivity contribution in [3.8, 4) is 0 Å². The number of hydrogen-bond donors (Lipinski definition) is 2. The molecule has 61 heavy (non-hydrogen) atoms. The zero-order valence-electron chi connectivity index (χ0n) is 36.4. The molecule has 14 heteroatoms. The van der Waals surface area contributed by atoms with Gasteiger partial charge in [-0.15, -0.1) is 0 Å². The number of nitrogens with two attached hydrogens (primary N) is 1. The van der Waals surface area contributed by atoms with E-state index in [2.05, 4.69) is 50.4 Å². The van der Waals surface area contributed by atoms with Crippen LogP contribution in [0.2, 0.25) is 0 Å². The zero-order chi connectivity index (χ0) is 43.5. The van der Waals surface area contributed by atoms with Crippen molar-refractivity contribution >= 4 is 35.2 Å². The molecule has 4 aliphatic rings. The fourth-order valence-corrected chi connectivity index (χ4v) is 8.64. The van der Waals surface area contributed by atoms with Gasteiger partial charge in [-0.3, -0.25) is 14.6 Å². The maximum atomic E-state index is 13.4. The molecule has 4 aromatic rings. The SMILES string of the molecule is CC(C)(C)OC(=O)N1CCN(c2cccc3c2CCC3N)CC1.CC(C)(C)OC(=O)N1CCN(c2cccc3c2CCC3n2cccc(C(=O)Nc3ccncc3)c2=O)CC1. The van der Waals surface area contributed by atoms with Gasteiger partial charge in [-0.1, -0.05) is 24.3 Å². The third kappa shape index (κ3) is 10.2. The Morgan fingerprint density at radius 3 is 1.72 bits per heavy atom. The molecule has 3 amide bonds. The molecular weight excluding hydrogens is 773 g/mol. The van der Waals surface area contributed by atoms with Crippen LogP contribution in [-0.2, 0) is 22.3 Å². The molecule has 4 heterocycles. The Morgan fingerprint density at radius 1 is 0.672 bits per heavy atom.